The largest absolute Gasteiger partial charge is 0.374 e. The Kier molecular flexibility index (Phi) is 4.15. The van der Waals surface area contributed by atoms with Crippen LogP contribution in [0.15, 0.2) is 24.3 Å². The molecule has 1 aromatic rings. The van der Waals surface area contributed by atoms with Crippen LogP contribution in [0, 0.1) is 18.8 Å². The van der Waals surface area contributed by atoms with Crippen molar-refractivity contribution in [3.63, 3.8) is 0 Å². The Bertz CT molecular complexity index is 674. The van der Waals surface area contributed by atoms with Crippen LogP contribution >= 0.6 is 0 Å². The first-order valence-corrected chi connectivity index (χ1v) is 9.07. The van der Waals surface area contributed by atoms with Gasteiger partial charge in [-0.05, 0) is 30.9 Å². The van der Waals surface area contributed by atoms with Crippen LogP contribution < -0.4 is 11.1 Å². The molecule has 2 bridgehead atoms. The van der Waals surface area contributed by atoms with Gasteiger partial charge in [-0.1, -0.05) is 24.3 Å². The Morgan fingerprint density at radius 1 is 1.24 bits per heavy atom. The maximum Gasteiger partial charge on any atom is 0.312 e. The average Bonchev–Trinajstić information content (AvgIpc) is 3.27. The van der Waals surface area contributed by atoms with Gasteiger partial charge in [0.15, 0.2) is 0 Å². The summed E-state index contributed by atoms with van der Waals surface area (Å²) in [6, 6.07) is 6.78. The van der Waals surface area contributed by atoms with Crippen molar-refractivity contribution in [1.82, 2.24) is 10.2 Å². The van der Waals surface area contributed by atoms with Crippen LogP contribution in [-0.2, 0) is 9.53 Å². The Hall–Kier alpha value is -2.08. The second-order valence-electron chi connectivity index (χ2n) is 7.54. The molecule has 0 aliphatic carbocycles. The van der Waals surface area contributed by atoms with E-state index in [1.54, 1.807) is 0 Å². The first-order chi connectivity index (χ1) is 12.0. The minimum Gasteiger partial charge on any atom is -0.374 e. The van der Waals surface area contributed by atoms with Crippen LogP contribution in [0.5, 0.6) is 0 Å². The number of carbonyl (C=O) groups excluding carboxylic acids is 2. The molecule has 5 atom stereocenters. The summed E-state index contributed by atoms with van der Waals surface area (Å²) in [6.45, 7) is 3.54. The van der Waals surface area contributed by atoms with Gasteiger partial charge in [-0.25, -0.2) is 4.79 Å². The van der Waals surface area contributed by atoms with Crippen LogP contribution in [0.1, 0.15) is 36.4 Å². The second kappa shape index (κ2) is 6.33. The molecule has 3 heterocycles. The summed E-state index contributed by atoms with van der Waals surface area (Å²) in [5, 5.41) is 2.74. The quantitative estimate of drug-likeness (QED) is 0.873. The van der Waals surface area contributed by atoms with Gasteiger partial charge < -0.3 is 20.7 Å². The van der Waals surface area contributed by atoms with Crippen LogP contribution in [0.4, 0.5) is 4.79 Å². The van der Waals surface area contributed by atoms with Crippen LogP contribution in [0.3, 0.4) is 0 Å². The summed E-state index contributed by atoms with van der Waals surface area (Å²) in [4.78, 5) is 26.3. The fourth-order valence-electron chi connectivity index (χ4n) is 4.86. The minimum atomic E-state index is -0.606. The second-order valence-corrected chi connectivity index (χ2v) is 7.54. The standard InChI is InChI=1S/C19H25N3O3/c1-11-4-2-3-5-12(11)15(21-19(20)24)8-18(23)22-9-13-14(10-22)17-7-6-16(13)25-17/h2-5,13-17H,6-10H2,1H3,(H3,20,21,24)/t13-,14+,15-,16+,17+/m0/s1. The van der Waals surface area contributed by atoms with Gasteiger partial charge >= 0.3 is 6.03 Å². The van der Waals surface area contributed by atoms with Gasteiger partial charge in [-0.3, -0.25) is 4.79 Å². The van der Waals surface area contributed by atoms with E-state index >= 15 is 0 Å². The third kappa shape index (κ3) is 2.99. The summed E-state index contributed by atoms with van der Waals surface area (Å²) in [6.07, 6.45) is 3.17. The zero-order valence-electron chi connectivity index (χ0n) is 14.5. The molecule has 134 valence electrons. The monoisotopic (exact) mass is 343 g/mol. The molecular weight excluding hydrogens is 318 g/mol. The van der Waals surface area contributed by atoms with Gasteiger partial charge in [-0.15, -0.1) is 0 Å². The number of benzene rings is 1. The first kappa shape index (κ1) is 16.4. The Morgan fingerprint density at radius 2 is 1.88 bits per heavy atom. The summed E-state index contributed by atoms with van der Waals surface area (Å²) in [5.74, 6) is 1.06. The topological polar surface area (TPSA) is 84.7 Å². The summed E-state index contributed by atoms with van der Waals surface area (Å²) in [7, 11) is 0. The van der Waals surface area contributed by atoms with Crippen molar-refractivity contribution in [3.8, 4) is 0 Å². The Balaban J connectivity index is 1.46. The number of nitrogens with zero attached hydrogens (tertiary/aromatic N) is 1. The van der Waals surface area contributed by atoms with Crippen molar-refractivity contribution < 1.29 is 14.3 Å². The van der Waals surface area contributed by atoms with Crippen molar-refractivity contribution in [3.05, 3.63) is 35.4 Å². The van der Waals surface area contributed by atoms with E-state index in [2.05, 4.69) is 5.32 Å². The van der Waals surface area contributed by atoms with Crippen LogP contribution in [-0.4, -0.2) is 42.1 Å². The highest BCUT2D eigenvalue weighted by Gasteiger charge is 2.53. The van der Waals surface area contributed by atoms with Crippen molar-refractivity contribution in [2.75, 3.05) is 13.1 Å². The fraction of sp³-hybridized carbons (Fsp3) is 0.579. The highest BCUT2D eigenvalue weighted by Crippen LogP contribution is 2.47. The smallest absolute Gasteiger partial charge is 0.312 e. The number of hydrogen-bond donors (Lipinski definition) is 2. The number of nitrogens with two attached hydrogens (primary N) is 1. The zero-order chi connectivity index (χ0) is 17.6. The minimum absolute atomic E-state index is 0.0794. The van der Waals surface area contributed by atoms with E-state index in [9.17, 15) is 9.59 Å². The number of nitrogens with one attached hydrogen (secondary N) is 1. The molecule has 1 aromatic carbocycles. The number of hydrogen-bond acceptors (Lipinski definition) is 3. The molecule has 25 heavy (non-hydrogen) atoms. The molecular formula is C19H25N3O3. The van der Waals surface area contributed by atoms with Crippen LogP contribution in [0.2, 0.25) is 0 Å². The molecule has 3 saturated heterocycles. The number of aryl methyl sites for hydroxylation is 1. The van der Waals surface area contributed by atoms with Gasteiger partial charge in [0.05, 0.1) is 24.7 Å². The molecule has 3 aliphatic heterocycles. The number of ether oxygens (including phenoxy) is 1. The first-order valence-electron chi connectivity index (χ1n) is 9.07. The SMILES string of the molecule is Cc1ccccc1[C@H](CC(=O)N1C[C@@H]2[C@H](C1)[C@H]1CC[C@H]2O1)NC(N)=O. The van der Waals surface area contributed by atoms with Crippen molar-refractivity contribution in [2.24, 2.45) is 17.6 Å². The molecule has 3 aliphatic rings. The maximum absolute atomic E-state index is 12.9. The predicted octanol–water partition coefficient (Wildman–Crippen LogP) is 1.73. The average molecular weight is 343 g/mol. The lowest BCUT2D eigenvalue weighted by molar-refractivity contribution is -0.131. The molecule has 0 saturated carbocycles. The van der Waals surface area contributed by atoms with E-state index in [4.69, 9.17) is 10.5 Å². The molecule has 0 spiro atoms. The van der Waals surface area contributed by atoms with Gasteiger partial charge in [-0.2, -0.15) is 0 Å². The van der Waals surface area contributed by atoms with E-state index in [0.717, 1.165) is 37.1 Å². The number of amides is 3. The molecule has 0 unspecified atom stereocenters. The van der Waals surface area contributed by atoms with Crippen molar-refractivity contribution >= 4 is 11.9 Å². The molecule has 6 heteroatoms. The van der Waals surface area contributed by atoms with E-state index in [1.165, 1.54) is 0 Å². The lowest BCUT2D eigenvalue weighted by Gasteiger charge is -2.24. The van der Waals surface area contributed by atoms with E-state index in [-0.39, 0.29) is 18.4 Å². The lowest BCUT2D eigenvalue weighted by atomic mass is 9.82. The molecule has 0 aromatic heterocycles. The third-order valence-electron chi connectivity index (χ3n) is 6.06. The summed E-state index contributed by atoms with van der Waals surface area (Å²) < 4.78 is 5.97. The number of likely N-dealkylation sites (tertiary alicyclic amines) is 1. The van der Waals surface area contributed by atoms with Crippen molar-refractivity contribution in [2.45, 2.75) is 44.4 Å². The van der Waals surface area contributed by atoms with Gasteiger partial charge in [0.2, 0.25) is 5.91 Å². The van der Waals surface area contributed by atoms with Gasteiger partial charge in [0.1, 0.15) is 0 Å². The number of carbonyl (C=O) groups is 2. The van der Waals surface area contributed by atoms with E-state index in [1.807, 2.05) is 36.1 Å². The molecule has 3 fully saturated rings. The fourth-order valence-corrected chi connectivity index (χ4v) is 4.86. The predicted molar refractivity (Wildman–Crippen MR) is 92.7 cm³/mol. The number of primary amides is 1. The van der Waals surface area contributed by atoms with Crippen LogP contribution in [0.25, 0.3) is 0 Å². The maximum atomic E-state index is 12.9. The lowest BCUT2D eigenvalue weighted by Crippen LogP contribution is -2.38. The highest BCUT2D eigenvalue weighted by atomic mass is 16.5. The summed E-state index contributed by atoms with van der Waals surface area (Å²) in [5.41, 5.74) is 7.32. The van der Waals surface area contributed by atoms with Crippen molar-refractivity contribution in [1.29, 1.82) is 0 Å². The van der Waals surface area contributed by atoms with E-state index in [0.29, 0.717) is 24.0 Å². The van der Waals surface area contributed by atoms with Gasteiger partial charge in [0, 0.05) is 24.9 Å². The molecule has 0 radical (unpaired) electrons. The number of urea groups is 1. The Labute approximate surface area is 147 Å². The molecule has 3 N–H and O–H groups in total. The third-order valence-corrected chi connectivity index (χ3v) is 6.06. The molecule has 6 nitrogen and oxygen atoms in total. The summed E-state index contributed by atoms with van der Waals surface area (Å²) >= 11 is 0. The molecule has 4 rings (SSSR count). The Morgan fingerprint density at radius 3 is 2.48 bits per heavy atom. The normalized spacial score (nSPS) is 31.0. The van der Waals surface area contributed by atoms with E-state index < -0.39 is 6.03 Å². The number of rotatable bonds is 4. The number of fused-ring (bicyclic) bond motifs is 5. The molecule has 3 amide bonds. The zero-order valence-corrected chi connectivity index (χ0v) is 14.5. The van der Waals surface area contributed by atoms with Gasteiger partial charge in [0.25, 0.3) is 0 Å². The highest BCUT2D eigenvalue weighted by molar-refractivity contribution is 5.79.